The number of piperidine rings is 1. The molecule has 0 aliphatic carbocycles. The summed E-state index contributed by atoms with van der Waals surface area (Å²) in [6, 6.07) is 6.16. The fraction of sp³-hybridized carbons (Fsp3) is 0.571. The van der Waals surface area contributed by atoms with Crippen molar-refractivity contribution in [2.45, 2.75) is 58.5 Å². The lowest BCUT2D eigenvalue weighted by Gasteiger charge is -2.40. The fourth-order valence-corrected chi connectivity index (χ4v) is 4.68. The van der Waals surface area contributed by atoms with Crippen LogP contribution in [-0.4, -0.2) is 38.9 Å². The van der Waals surface area contributed by atoms with Gasteiger partial charge < -0.3 is 18.9 Å². The van der Waals surface area contributed by atoms with Crippen molar-refractivity contribution in [1.82, 2.24) is 19.7 Å². The molecule has 0 radical (unpaired) electrons. The second-order valence-electron chi connectivity index (χ2n) is 8.57. The number of benzene rings is 1. The molecule has 1 aromatic carbocycles. The zero-order chi connectivity index (χ0) is 19.1. The predicted octanol–water partition coefficient (Wildman–Crippen LogP) is 2.71. The third-order valence-corrected chi connectivity index (χ3v) is 6.20. The first-order chi connectivity index (χ1) is 13.6. The molecule has 1 fully saturated rings. The molecule has 0 spiro atoms. The Morgan fingerprint density at radius 3 is 2.96 bits per heavy atom. The molecule has 28 heavy (non-hydrogen) atoms. The SMILES string of the molecule is C[C@@]1(Cc2ccc3c(c2)OCO3)CCC(=O)N(Cc2nnc3n2CCCC3)C1. The quantitative estimate of drug-likeness (QED) is 0.813. The monoisotopic (exact) mass is 382 g/mol. The summed E-state index contributed by atoms with van der Waals surface area (Å²) in [6.45, 7) is 4.83. The standard InChI is InChI=1S/C21H26N4O3/c1-21(11-15-5-6-16-17(10-15)28-14-27-16)8-7-20(26)24(13-21)12-19-23-22-18-4-2-3-9-25(18)19/h5-6,10H,2-4,7-9,11-14H2,1H3/t21-/m0/s1. The van der Waals surface area contributed by atoms with Crippen LogP contribution in [0.2, 0.25) is 0 Å². The maximum Gasteiger partial charge on any atom is 0.231 e. The number of carbonyl (C=O) groups excluding carboxylic acids is 1. The van der Waals surface area contributed by atoms with E-state index in [4.69, 9.17) is 9.47 Å². The van der Waals surface area contributed by atoms with Crippen LogP contribution in [0.4, 0.5) is 0 Å². The van der Waals surface area contributed by atoms with Crippen LogP contribution in [-0.2, 0) is 30.7 Å². The van der Waals surface area contributed by atoms with Crippen molar-refractivity contribution in [3.8, 4) is 11.5 Å². The van der Waals surface area contributed by atoms with E-state index >= 15 is 0 Å². The van der Waals surface area contributed by atoms with Gasteiger partial charge in [0, 0.05) is 25.9 Å². The lowest BCUT2D eigenvalue weighted by Crippen LogP contribution is -2.46. The van der Waals surface area contributed by atoms with E-state index in [-0.39, 0.29) is 11.3 Å². The Kier molecular flexibility index (Phi) is 4.25. The van der Waals surface area contributed by atoms with Crippen LogP contribution in [0.5, 0.6) is 11.5 Å². The van der Waals surface area contributed by atoms with Crippen LogP contribution >= 0.6 is 0 Å². The van der Waals surface area contributed by atoms with Crippen LogP contribution in [0, 0.1) is 5.41 Å². The Morgan fingerprint density at radius 1 is 1.14 bits per heavy atom. The van der Waals surface area contributed by atoms with Gasteiger partial charge in [-0.05, 0) is 48.8 Å². The lowest BCUT2D eigenvalue weighted by atomic mass is 9.76. The molecule has 0 N–H and O–H groups in total. The number of aryl methyl sites for hydroxylation is 1. The number of ether oxygens (including phenoxy) is 2. The number of rotatable bonds is 4. The van der Waals surface area contributed by atoms with Crippen molar-refractivity contribution >= 4 is 5.91 Å². The topological polar surface area (TPSA) is 69.5 Å². The van der Waals surface area contributed by atoms with Gasteiger partial charge in [0.25, 0.3) is 0 Å². The van der Waals surface area contributed by atoms with Gasteiger partial charge in [0.2, 0.25) is 12.7 Å². The molecular weight excluding hydrogens is 356 g/mol. The first-order valence-electron chi connectivity index (χ1n) is 10.2. The maximum absolute atomic E-state index is 12.6. The molecule has 2 aromatic rings. The highest BCUT2D eigenvalue weighted by Gasteiger charge is 2.36. The van der Waals surface area contributed by atoms with Crippen LogP contribution in [0.25, 0.3) is 0 Å². The van der Waals surface area contributed by atoms with Crippen molar-refractivity contribution in [3.05, 3.63) is 35.4 Å². The summed E-state index contributed by atoms with van der Waals surface area (Å²) < 4.78 is 13.1. The van der Waals surface area contributed by atoms with Crippen molar-refractivity contribution in [2.24, 2.45) is 5.41 Å². The average molecular weight is 382 g/mol. The van der Waals surface area contributed by atoms with E-state index in [9.17, 15) is 4.79 Å². The fourth-order valence-electron chi connectivity index (χ4n) is 4.68. The van der Waals surface area contributed by atoms with Crippen molar-refractivity contribution in [2.75, 3.05) is 13.3 Å². The zero-order valence-electron chi connectivity index (χ0n) is 16.3. The molecule has 4 heterocycles. The number of hydrogen-bond donors (Lipinski definition) is 0. The van der Waals surface area contributed by atoms with E-state index in [1.54, 1.807) is 0 Å². The Bertz CT molecular complexity index is 909. The summed E-state index contributed by atoms with van der Waals surface area (Å²) in [6.07, 6.45) is 5.72. The van der Waals surface area contributed by atoms with Crippen LogP contribution in [0.15, 0.2) is 18.2 Å². The van der Waals surface area contributed by atoms with E-state index in [0.29, 0.717) is 19.8 Å². The molecule has 0 unspecified atom stereocenters. The number of hydrogen-bond acceptors (Lipinski definition) is 5. The molecule has 1 aromatic heterocycles. The number of amides is 1. The molecule has 3 aliphatic heterocycles. The molecule has 1 atom stereocenters. The first kappa shape index (κ1) is 17.5. The molecule has 0 bridgehead atoms. The number of aromatic nitrogens is 3. The molecule has 7 nitrogen and oxygen atoms in total. The van der Waals surface area contributed by atoms with Crippen LogP contribution in [0.3, 0.4) is 0 Å². The molecular formula is C21H26N4O3. The summed E-state index contributed by atoms with van der Waals surface area (Å²) in [5.41, 5.74) is 1.26. The summed E-state index contributed by atoms with van der Waals surface area (Å²) in [7, 11) is 0. The van der Waals surface area contributed by atoms with Crippen LogP contribution < -0.4 is 9.47 Å². The normalized spacial score (nSPS) is 23.8. The van der Waals surface area contributed by atoms with Crippen molar-refractivity contribution < 1.29 is 14.3 Å². The second-order valence-corrected chi connectivity index (χ2v) is 8.57. The molecule has 1 amide bonds. The van der Waals surface area contributed by atoms with Gasteiger partial charge in [-0.1, -0.05) is 13.0 Å². The number of nitrogens with zero attached hydrogens (tertiary/aromatic N) is 4. The Labute approximate surface area is 164 Å². The summed E-state index contributed by atoms with van der Waals surface area (Å²) >= 11 is 0. The van der Waals surface area contributed by atoms with Gasteiger partial charge in [-0.3, -0.25) is 4.79 Å². The number of fused-ring (bicyclic) bond motifs is 2. The van der Waals surface area contributed by atoms with Gasteiger partial charge in [-0.15, -0.1) is 10.2 Å². The van der Waals surface area contributed by atoms with Gasteiger partial charge in [0.05, 0.1) is 6.54 Å². The van der Waals surface area contributed by atoms with Gasteiger partial charge in [-0.2, -0.15) is 0 Å². The van der Waals surface area contributed by atoms with Gasteiger partial charge >= 0.3 is 0 Å². The maximum atomic E-state index is 12.6. The van der Waals surface area contributed by atoms with E-state index in [0.717, 1.165) is 61.9 Å². The Hall–Kier alpha value is -2.57. The van der Waals surface area contributed by atoms with Crippen molar-refractivity contribution in [1.29, 1.82) is 0 Å². The largest absolute Gasteiger partial charge is 0.454 e. The smallest absolute Gasteiger partial charge is 0.231 e. The highest BCUT2D eigenvalue weighted by molar-refractivity contribution is 5.77. The van der Waals surface area contributed by atoms with E-state index < -0.39 is 0 Å². The van der Waals surface area contributed by atoms with E-state index in [1.165, 1.54) is 12.0 Å². The summed E-state index contributed by atoms with van der Waals surface area (Å²) in [4.78, 5) is 14.6. The summed E-state index contributed by atoms with van der Waals surface area (Å²) in [5, 5.41) is 8.72. The number of likely N-dealkylation sites (tertiary alicyclic amines) is 1. The van der Waals surface area contributed by atoms with Crippen LogP contribution in [0.1, 0.15) is 49.8 Å². The zero-order valence-corrected chi connectivity index (χ0v) is 16.3. The van der Waals surface area contributed by atoms with Gasteiger partial charge in [0.15, 0.2) is 17.3 Å². The molecule has 5 rings (SSSR count). The van der Waals surface area contributed by atoms with Crippen molar-refractivity contribution in [3.63, 3.8) is 0 Å². The highest BCUT2D eigenvalue weighted by Crippen LogP contribution is 2.38. The summed E-state index contributed by atoms with van der Waals surface area (Å²) in [5.74, 6) is 3.84. The number of carbonyl (C=O) groups is 1. The Balaban J connectivity index is 1.31. The van der Waals surface area contributed by atoms with E-state index in [1.807, 2.05) is 11.0 Å². The van der Waals surface area contributed by atoms with Gasteiger partial charge in [0.1, 0.15) is 5.82 Å². The molecule has 148 valence electrons. The highest BCUT2D eigenvalue weighted by atomic mass is 16.7. The third kappa shape index (κ3) is 3.23. The first-order valence-corrected chi connectivity index (χ1v) is 10.2. The predicted molar refractivity (Wildman–Crippen MR) is 102 cm³/mol. The minimum Gasteiger partial charge on any atom is -0.454 e. The molecule has 3 aliphatic rings. The molecule has 0 saturated carbocycles. The Morgan fingerprint density at radius 2 is 2.04 bits per heavy atom. The second kappa shape index (κ2) is 6.79. The van der Waals surface area contributed by atoms with E-state index in [2.05, 4.69) is 33.8 Å². The molecule has 1 saturated heterocycles. The lowest BCUT2D eigenvalue weighted by molar-refractivity contribution is -0.138. The minimum atomic E-state index is 0.0341. The third-order valence-electron chi connectivity index (χ3n) is 6.20. The van der Waals surface area contributed by atoms with Gasteiger partial charge in [-0.25, -0.2) is 0 Å². The average Bonchev–Trinajstić information content (AvgIpc) is 3.32. The minimum absolute atomic E-state index is 0.0341. The molecule has 7 heteroatoms.